The molecule has 1 heterocycles. The van der Waals surface area contributed by atoms with Gasteiger partial charge in [-0.15, -0.1) is 0 Å². The van der Waals surface area contributed by atoms with Gasteiger partial charge in [-0.3, -0.25) is 0 Å². The molecular weight excluding hydrogens is 278 g/mol. The summed E-state index contributed by atoms with van der Waals surface area (Å²) in [6.07, 6.45) is 2.37. The molecule has 1 rings (SSSR count). The van der Waals surface area contributed by atoms with E-state index in [0.29, 0.717) is 18.8 Å². The van der Waals surface area contributed by atoms with Gasteiger partial charge in [-0.25, -0.2) is 12.7 Å². The number of rotatable bonds is 8. The number of aliphatic hydroxyl groups excluding tert-OH is 1. The number of nitrogens with zero attached hydrogens (tertiary/aromatic N) is 3. The maximum absolute atomic E-state index is 12.4. The first-order valence-corrected chi connectivity index (χ1v) is 8.18. The standard InChI is InChI=1S/C13H25N3O3S/c1-5-16-10-13(9-12(16)11-17)20(18,19)15(4)8-6-7-14(2)3/h9-10,17H,5-8,11H2,1-4H3. The zero-order valence-electron chi connectivity index (χ0n) is 12.7. The topological polar surface area (TPSA) is 65.8 Å². The lowest BCUT2D eigenvalue weighted by Crippen LogP contribution is -2.29. The quantitative estimate of drug-likeness (QED) is 0.762. The molecule has 0 aliphatic heterocycles. The Morgan fingerprint density at radius 2 is 1.90 bits per heavy atom. The van der Waals surface area contributed by atoms with Crippen molar-refractivity contribution < 1.29 is 13.5 Å². The molecule has 0 bridgehead atoms. The summed E-state index contributed by atoms with van der Waals surface area (Å²) < 4.78 is 28.0. The van der Waals surface area contributed by atoms with Crippen LogP contribution in [0.1, 0.15) is 19.0 Å². The van der Waals surface area contributed by atoms with Gasteiger partial charge in [-0.05, 0) is 40.1 Å². The Labute approximate surface area is 121 Å². The molecule has 1 aromatic heterocycles. The van der Waals surface area contributed by atoms with Crippen LogP contribution in [0.15, 0.2) is 17.2 Å². The summed E-state index contributed by atoms with van der Waals surface area (Å²) in [5.74, 6) is 0. The second-order valence-corrected chi connectivity index (χ2v) is 7.14. The van der Waals surface area contributed by atoms with Crippen molar-refractivity contribution >= 4 is 10.0 Å². The van der Waals surface area contributed by atoms with Crippen molar-refractivity contribution in [1.82, 2.24) is 13.8 Å². The number of sulfonamides is 1. The van der Waals surface area contributed by atoms with Crippen LogP contribution in [0.5, 0.6) is 0 Å². The lowest BCUT2D eigenvalue weighted by Gasteiger charge is -2.17. The van der Waals surface area contributed by atoms with E-state index in [1.54, 1.807) is 23.9 Å². The Morgan fingerprint density at radius 1 is 1.25 bits per heavy atom. The highest BCUT2D eigenvalue weighted by Crippen LogP contribution is 2.18. The fourth-order valence-corrected chi connectivity index (χ4v) is 3.28. The van der Waals surface area contributed by atoms with Gasteiger partial charge in [-0.2, -0.15) is 0 Å². The van der Waals surface area contributed by atoms with Crippen molar-refractivity contribution in [2.45, 2.75) is 31.4 Å². The third-order valence-electron chi connectivity index (χ3n) is 3.25. The molecule has 0 aromatic carbocycles. The summed E-state index contributed by atoms with van der Waals surface area (Å²) in [5.41, 5.74) is 0.618. The molecule has 0 saturated carbocycles. The van der Waals surface area contributed by atoms with Crippen LogP contribution in [0.25, 0.3) is 0 Å². The SMILES string of the molecule is CCn1cc(S(=O)(=O)N(C)CCCN(C)C)cc1CO. The summed E-state index contributed by atoms with van der Waals surface area (Å²) in [4.78, 5) is 2.27. The van der Waals surface area contributed by atoms with E-state index in [9.17, 15) is 13.5 Å². The Bertz CT molecular complexity index is 501. The largest absolute Gasteiger partial charge is 0.390 e. The third kappa shape index (κ3) is 4.05. The van der Waals surface area contributed by atoms with Crippen molar-refractivity contribution in [3.63, 3.8) is 0 Å². The van der Waals surface area contributed by atoms with E-state index in [4.69, 9.17) is 0 Å². The van der Waals surface area contributed by atoms with E-state index in [1.165, 1.54) is 4.31 Å². The van der Waals surface area contributed by atoms with Crippen LogP contribution in [0.4, 0.5) is 0 Å². The van der Waals surface area contributed by atoms with Gasteiger partial charge < -0.3 is 14.6 Å². The molecular formula is C13H25N3O3S. The minimum Gasteiger partial charge on any atom is -0.390 e. The number of aliphatic hydroxyl groups is 1. The molecule has 0 atom stereocenters. The molecule has 0 aliphatic carbocycles. The fraction of sp³-hybridized carbons (Fsp3) is 0.692. The monoisotopic (exact) mass is 303 g/mol. The second-order valence-electron chi connectivity index (χ2n) is 5.09. The number of aromatic nitrogens is 1. The van der Waals surface area contributed by atoms with Crippen molar-refractivity contribution in [3.05, 3.63) is 18.0 Å². The highest BCUT2D eigenvalue weighted by molar-refractivity contribution is 7.89. The third-order valence-corrected chi connectivity index (χ3v) is 5.07. The van der Waals surface area contributed by atoms with Crippen LogP contribution >= 0.6 is 0 Å². The Balaban J connectivity index is 2.84. The van der Waals surface area contributed by atoms with Gasteiger partial charge >= 0.3 is 0 Å². The van der Waals surface area contributed by atoms with E-state index in [-0.39, 0.29) is 11.5 Å². The lowest BCUT2D eigenvalue weighted by atomic mass is 10.4. The molecule has 7 heteroatoms. The highest BCUT2D eigenvalue weighted by atomic mass is 32.2. The lowest BCUT2D eigenvalue weighted by molar-refractivity contribution is 0.271. The molecule has 6 nitrogen and oxygen atoms in total. The molecule has 0 amide bonds. The molecule has 0 radical (unpaired) electrons. The number of aryl methyl sites for hydroxylation is 1. The molecule has 0 unspecified atom stereocenters. The fourth-order valence-electron chi connectivity index (χ4n) is 2.00. The van der Waals surface area contributed by atoms with Gasteiger partial charge in [-0.1, -0.05) is 0 Å². The van der Waals surface area contributed by atoms with E-state index in [0.717, 1.165) is 13.0 Å². The smallest absolute Gasteiger partial charge is 0.244 e. The molecule has 0 fully saturated rings. The van der Waals surface area contributed by atoms with Crippen molar-refractivity contribution in [1.29, 1.82) is 0 Å². The van der Waals surface area contributed by atoms with Crippen molar-refractivity contribution in [3.8, 4) is 0 Å². The first-order valence-electron chi connectivity index (χ1n) is 6.74. The molecule has 116 valence electrons. The Morgan fingerprint density at radius 3 is 2.35 bits per heavy atom. The van der Waals surface area contributed by atoms with Gasteiger partial charge in [0.15, 0.2) is 0 Å². The predicted molar refractivity (Wildman–Crippen MR) is 79.0 cm³/mol. The molecule has 0 saturated heterocycles. The van der Waals surface area contributed by atoms with E-state index in [1.807, 2.05) is 25.9 Å². The van der Waals surface area contributed by atoms with Crippen LogP contribution in [-0.4, -0.2) is 61.5 Å². The number of hydrogen-bond acceptors (Lipinski definition) is 4. The minimum atomic E-state index is -3.48. The summed E-state index contributed by atoms with van der Waals surface area (Å²) in [7, 11) is 2.04. The van der Waals surface area contributed by atoms with E-state index in [2.05, 4.69) is 0 Å². The van der Waals surface area contributed by atoms with Crippen LogP contribution in [0.3, 0.4) is 0 Å². The first-order chi connectivity index (χ1) is 9.32. The Hall–Kier alpha value is -0.890. The molecule has 1 aromatic rings. The van der Waals surface area contributed by atoms with Gasteiger partial charge in [0.2, 0.25) is 10.0 Å². The zero-order valence-corrected chi connectivity index (χ0v) is 13.5. The average Bonchev–Trinajstić information content (AvgIpc) is 2.81. The minimum absolute atomic E-state index is 0.159. The summed E-state index contributed by atoms with van der Waals surface area (Å²) in [6.45, 7) is 3.71. The molecule has 20 heavy (non-hydrogen) atoms. The highest BCUT2D eigenvalue weighted by Gasteiger charge is 2.22. The molecule has 1 N–H and O–H groups in total. The second kappa shape index (κ2) is 7.21. The van der Waals surface area contributed by atoms with Gasteiger partial charge in [0.1, 0.15) is 4.90 Å². The van der Waals surface area contributed by atoms with Gasteiger partial charge in [0, 0.05) is 32.0 Å². The maximum atomic E-state index is 12.4. The van der Waals surface area contributed by atoms with Crippen LogP contribution < -0.4 is 0 Å². The maximum Gasteiger partial charge on any atom is 0.244 e. The van der Waals surface area contributed by atoms with Crippen molar-refractivity contribution in [2.24, 2.45) is 0 Å². The van der Waals surface area contributed by atoms with Crippen LogP contribution in [0.2, 0.25) is 0 Å². The van der Waals surface area contributed by atoms with Crippen LogP contribution in [0, 0.1) is 0 Å². The normalized spacial score (nSPS) is 12.6. The summed E-state index contributed by atoms with van der Waals surface area (Å²) in [6, 6.07) is 1.54. The summed E-state index contributed by atoms with van der Waals surface area (Å²) >= 11 is 0. The summed E-state index contributed by atoms with van der Waals surface area (Å²) in [5, 5.41) is 9.23. The van der Waals surface area contributed by atoms with Gasteiger partial charge in [0.25, 0.3) is 0 Å². The Kier molecular flexibility index (Phi) is 6.19. The predicted octanol–water partition coefficient (Wildman–Crippen LogP) is 0.572. The average molecular weight is 303 g/mol. The first kappa shape index (κ1) is 17.2. The van der Waals surface area contributed by atoms with Crippen LogP contribution in [-0.2, 0) is 23.2 Å². The van der Waals surface area contributed by atoms with E-state index < -0.39 is 10.0 Å². The van der Waals surface area contributed by atoms with Crippen molar-refractivity contribution in [2.75, 3.05) is 34.2 Å². The number of hydrogen-bond donors (Lipinski definition) is 1. The zero-order chi connectivity index (χ0) is 15.3. The molecule has 0 spiro atoms. The van der Waals surface area contributed by atoms with E-state index >= 15 is 0 Å². The molecule has 0 aliphatic rings. The van der Waals surface area contributed by atoms with Gasteiger partial charge in [0.05, 0.1) is 6.61 Å².